The molecular formula is C10H18BrNO. The van der Waals surface area contributed by atoms with Gasteiger partial charge >= 0.3 is 0 Å². The van der Waals surface area contributed by atoms with Crippen molar-refractivity contribution in [1.82, 2.24) is 4.90 Å². The smallest absolute Gasteiger partial charge is 0.236 e. The standard InChI is InChI=1S/C10H18BrNO/c1-7(2)9(11)10(13)12-5-4-8(3)6-12/h7-9H,4-6H2,1-3H3. The average Bonchev–Trinajstić information content (AvgIpc) is 2.49. The summed E-state index contributed by atoms with van der Waals surface area (Å²) < 4.78 is 0. The first-order valence-electron chi connectivity index (χ1n) is 4.95. The fraction of sp³-hybridized carbons (Fsp3) is 0.900. The Kier molecular flexibility index (Phi) is 3.77. The zero-order valence-corrected chi connectivity index (χ0v) is 10.2. The minimum atomic E-state index is -0.00204. The molecule has 1 saturated heterocycles. The maximum absolute atomic E-state index is 11.8. The number of nitrogens with zero attached hydrogens (tertiary/aromatic N) is 1. The predicted molar refractivity (Wildman–Crippen MR) is 57.9 cm³/mol. The van der Waals surface area contributed by atoms with Gasteiger partial charge in [-0.05, 0) is 18.3 Å². The van der Waals surface area contributed by atoms with Crippen LogP contribution in [0.25, 0.3) is 0 Å². The summed E-state index contributed by atoms with van der Waals surface area (Å²) in [5.74, 6) is 1.32. The van der Waals surface area contributed by atoms with Gasteiger partial charge in [0.15, 0.2) is 0 Å². The highest BCUT2D eigenvalue weighted by Crippen LogP contribution is 2.21. The minimum Gasteiger partial charge on any atom is -0.341 e. The Morgan fingerprint density at radius 2 is 2.15 bits per heavy atom. The van der Waals surface area contributed by atoms with Gasteiger partial charge in [-0.15, -0.1) is 0 Å². The van der Waals surface area contributed by atoms with Crippen molar-refractivity contribution in [2.75, 3.05) is 13.1 Å². The predicted octanol–water partition coefficient (Wildman–Crippen LogP) is 2.27. The summed E-state index contributed by atoms with van der Waals surface area (Å²) in [6, 6.07) is 0. The van der Waals surface area contributed by atoms with Crippen molar-refractivity contribution in [3.05, 3.63) is 0 Å². The molecule has 0 radical (unpaired) electrons. The first-order valence-corrected chi connectivity index (χ1v) is 5.86. The Labute approximate surface area is 88.8 Å². The molecule has 0 aromatic rings. The molecule has 0 N–H and O–H groups in total. The topological polar surface area (TPSA) is 20.3 Å². The third-order valence-corrected chi connectivity index (χ3v) is 4.01. The Morgan fingerprint density at radius 1 is 1.54 bits per heavy atom. The molecule has 0 spiro atoms. The van der Waals surface area contributed by atoms with E-state index in [1.165, 1.54) is 0 Å². The van der Waals surface area contributed by atoms with E-state index in [4.69, 9.17) is 0 Å². The highest BCUT2D eigenvalue weighted by Gasteiger charge is 2.28. The summed E-state index contributed by atoms with van der Waals surface area (Å²) in [7, 11) is 0. The van der Waals surface area contributed by atoms with Crippen LogP contribution in [0.4, 0.5) is 0 Å². The van der Waals surface area contributed by atoms with Crippen LogP contribution in [-0.4, -0.2) is 28.7 Å². The van der Waals surface area contributed by atoms with E-state index in [-0.39, 0.29) is 10.7 Å². The maximum atomic E-state index is 11.8. The van der Waals surface area contributed by atoms with Gasteiger partial charge in [-0.2, -0.15) is 0 Å². The zero-order chi connectivity index (χ0) is 10.0. The van der Waals surface area contributed by atoms with Crippen molar-refractivity contribution in [2.45, 2.75) is 32.0 Å². The minimum absolute atomic E-state index is 0.00204. The molecule has 1 rings (SSSR count). The Bertz CT molecular complexity index is 193. The number of carbonyl (C=O) groups excluding carboxylic acids is 1. The third kappa shape index (κ3) is 2.70. The number of amides is 1. The third-order valence-electron chi connectivity index (χ3n) is 2.56. The number of alkyl halides is 1. The largest absolute Gasteiger partial charge is 0.341 e. The van der Waals surface area contributed by atoms with E-state index in [1.807, 2.05) is 4.90 Å². The maximum Gasteiger partial charge on any atom is 0.236 e. The van der Waals surface area contributed by atoms with E-state index >= 15 is 0 Å². The van der Waals surface area contributed by atoms with Crippen molar-refractivity contribution in [1.29, 1.82) is 0 Å². The van der Waals surface area contributed by atoms with Crippen molar-refractivity contribution >= 4 is 21.8 Å². The molecule has 1 amide bonds. The van der Waals surface area contributed by atoms with E-state index < -0.39 is 0 Å². The highest BCUT2D eigenvalue weighted by molar-refractivity contribution is 9.10. The zero-order valence-electron chi connectivity index (χ0n) is 8.59. The second kappa shape index (κ2) is 4.45. The molecule has 0 aromatic heterocycles. The monoisotopic (exact) mass is 247 g/mol. The molecule has 0 aliphatic carbocycles. The molecule has 0 saturated carbocycles. The van der Waals surface area contributed by atoms with E-state index in [0.717, 1.165) is 19.5 Å². The first kappa shape index (κ1) is 11.0. The van der Waals surface area contributed by atoms with Gasteiger partial charge in [0, 0.05) is 13.1 Å². The molecular weight excluding hydrogens is 230 g/mol. The van der Waals surface area contributed by atoms with Crippen LogP contribution >= 0.6 is 15.9 Å². The van der Waals surface area contributed by atoms with Crippen LogP contribution in [-0.2, 0) is 4.79 Å². The summed E-state index contributed by atoms with van der Waals surface area (Å²) in [6.45, 7) is 8.21. The number of carbonyl (C=O) groups is 1. The molecule has 2 unspecified atom stereocenters. The summed E-state index contributed by atoms with van der Waals surface area (Å²) in [5.41, 5.74) is 0. The number of halogens is 1. The first-order chi connectivity index (χ1) is 6.02. The Balaban J connectivity index is 2.48. The Morgan fingerprint density at radius 3 is 2.54 bits per heavy atom. The molecule has 2 nitrogen and oxygen atoms in total. The SMILES string of the molecule is CC1CCN(C(=O)C(Br)C(C)C)C1. The quantitative estimate of drug-likeness (QED) is 0.686. The van der Waals surface area contributed by atoms with Crippen molar-refractivity contribution in [2.24, 2.45) is 11.8 Å². The molecule has 76 valence electrons. The number of hydrogen-bond acceptors (Lipinski definition) is 1. The molecule has 1 fully saturated rings. The van der Waals surface area contributed by atoms with E-state index in [1.54, 1.807) is 0 Å². The summed E-state index contributed by atoms with van der Waals surface area (Å²) in [5, 5.41) is 0. The molecule has 0 bridgehead atoms. The van der Waals surface area contributed by atoms with Crippen molar-refractivity contribution < 1.29 is 4.79 Å². The van der Waals surface area contributed by atoms with E-state index in [0.29, 0.717) is 11.8 Å². The lowest BCUT2D eigenvalue weighted by Gasteiger charge is -2.21. The second-order valence-electron chi connectivity index (χ2n) is 4.32. The van der Waals surface area contributed by atoms with Gasteiger partial charge in [0.05, 0.1) is 4.83 Å². The average molecular weight is 248 g/mol. The van der Waals surface area contributed by atoms with Gasteiger partial charge in [0.1, 0.15) is 0 Å². The van der Waals surface area contributed by atoms with Crippen LogP contribution in [0.5, 0.6) is 0 Å². The fourth-order valence-corrected chi connectivity index (χ4v) is 1.88. The molecule has 13 heavy (non-hydrogen) atoms. The lowest BCUT2D eigenvalue weighted by atomic mass is 10.1. The normalized spacial score (nSPS) is 25.3. The number of rotatable bonds is 2. The van der Waals surface area contributed by atoms with Gasteiger partial charge in [0.2, 0.25) is 5.91 Å². The van der Waals surface area contributed by atoms with Gasteiger partial charge in [0.25, 0.3) is 0 Å². The lowest BCUT2D eigenvalue weighted by molar-refractivity contribution is -0.130. The summed E-state index contributed by atoms with van der Waals surface area (Å²) in [6.07, 6.45) is 1.16. The number of likely N-dealkylation sites (tertiary alicyclic amines) is 1. The Hall–Kier alpha value is -0.0500. The van der Waals surface area contributed by atoms with Crippen molar-refractivity contribution in [3.8, 4) is 0 Å². The van der Waals surface area contributed by atoms with Crippen molar-refractivity contribution in [3.63, 3.8) is 0 Å². The van der Waals surface area contributed by atoms with E-state index in [9.17, 15) is 4.79 Å². The van der Waals surface area contributed by atoms with Gasteiger partial charge in [-0.25, -0.2) is 0 Å². The molecule has 1 aliphatic rings. The molecule has 0 aromatic carbocycles. The number of hydrogen-bond donors (Lipinski definition) is 0. The van der Waals surface area contributed by atoms with Crippen LogP contribution in [0.2, 0.25) is 0 Å². The van der Waals surface area contributed by atoms with Gasteiger partial charge in [-0.3, -0.25) is 4.79 Å². The summed E-state index contributed by atoms with van der Waals surface area (Å²) >= 11 is 3.45. The van der Waals surface area contributed by atoms with Crippen LogP contribution in [0, 0.1) is 11.8 Å². The van der Waals surface area contributed by atoms with Crippen LogP contribution in [0.15, 0.2) is 0 Å². The molecule has 3 heteroatoms. The fourth-order valence-electron chi connectivity index (χ4n) is 1.59. The highest BCUT2D eigenvalue weighted by atomic mass is 79.9. The molecule has 1 heterocycles. The van der Waals surface area contributed by atoms with Crippen LogP contribution in [0.3, 0.4) is 0 Å². The lowest BCUT2D eigenvalue weighted by Crippen LogP contribution is -2.37. The van der Waals surface area contributed by atoms with Crippen LogP contribution in [0.1, 0.15) is 27.2 Å². The molecule has 2 atom stereocenters. The second-order valence-corrected chi connectivity index (χ2v) is 5.31. The van der Waals surface area contributed by atoms with Crippen LogP contribution < -0.4 is 0 Å². The summed E-state index contributed by atoms with van der Waals surface area (Å²) in [4.78, 5) is 13.8. The van der Waals surface area contributed by atoms with Gasteiger partial charge in [-0.1, -0.05) is 36.7 Å². The molecule has 1 aliphatic heterocycles. The van der Waals surface area contributed by atoms with Gasteiger partial charge < -0.3 is 4.90 Å². The van der Waals surface area contributed by atoms with E-state index in [2.05, 4.69) is 36.7 Å².